The van der Waals surface area contributed by atoms with Crippen LogP contribution in [0.25, 0.3) is 0 Å². The number of rotatable bonds is 4. The molecule has 1 aromatic carbocycles. The van der Waals surface area contributed by atoms with Crippen LogP contribution in [-0.4, -0.2) is 31.7 Å². The van der Waals surface area contributed by atoms with E-state index < -0.39 is 22.0 Å². The minimum Gasteiger partial charge on any atom is -0.508 e. The molecule has 94 valence electrons. The molecule has 0 saturated carbocycles. The molecule has 0 aliphatic heterocycles. The van der Waals surface area contributed by atoms with Crippen LogP contribution in [0, 0.1) is 0 Å². The van der Waals surface area contributed by atoms with Crippen LogP contribution in [0.15, 0.2) is 24.3 Å². The molecule has 0 aliphatic carbocycles. The highest BCUT2D eigenvalue weighted by Gasteiger charge is 2.17. The highest BCUT2D eigenvalue weighted by atomic mass is 32.2. The third kappa shape index (κ3) is 4.83. The molecule has 0 bridgehead atoms. The van der Waals surface area contributed by atoms with Crippen molar-refractivity contribution in [2.45, 2.75) is 12.5 Å². The molecule has 0 aliphatic rings. The first kappa shape index (κ1) is 13.5. The highest BCUT2D eigenvalue weighted by Crippen LogP contribution is 2.10. The Hall–Kier alpha value is -1.60. The van der Waals surface area contributed by atoms with Crippen LogP contribution in [0.5, 0.6) is 5.75 Å². The third-order valence-corrected chi connectivity index (χ3v) is 2.59. The number of carbonyl (C=O) groups excluding carboxylic acids is 1. The maximum absolute atomic E-state index is 11.4. The van der Waals surface area contributed by atoms with Crippen molar-refractivity contribution in [2.75, 3.05) is 6.26 Å². The number of nitrogens with one attached hydrogen (secondary N) is 1. The summed E-state index contributed by atoms with van der Waals surface area (Å²) in [5.74, 6) is -0.636. The number of hydrogen-bond donors (Lipinski definition) is 3. The van der Waals surface area contributed by atoms with Gasteiger partial charge in [-0.15, -0.1) is 0 Å². The van der Waals surface area contributed by atoms with Crippen LogP contribution in [0.4, 0.5) is 0 Å². The smallest absolute Gasteiger partial charge is 0.250 e. The van der Waals surface area contributed by atoms with Gasteiger partial charge in [-0.1, -0.05) is 12.1 Å². The summed E-state index contributed by atoms with van der Waals surface area (Å²) in [6, 6.07) is 5.22. The van der Waals surface area contributed by atoms with Gasteiger partial charge in [-0.3, -0.25) is 9.52 Å². The number of phenolic OH excluding ortho intramolecular Hbond substituents is 1. The van der Waals surface area contributed by atoms with Crippen molar-refractivity contribution in [1.82, 2.24) is 4.72 Å². The van der Waals surface area contributed by atoms with Gasteiger partial charge in [0.2, 0.25) is 10.0 Å². The predicted octanol–water partition coefficient (Wildman–Crippen LogP) is -0.662. The molecule has 7 heteroatoms. The SMILES string of the molecule is CS(=O)(=O)NC(=O)[C@@H](N)Cc1ccc(O)cc1. The van der Waals surface area contributed by atoms with Gasteiger partial charge in [0.25, 0.3) is 5.91 Å². The van der Waals surface area contributed by atoms with Crippen LogP contribution < -0.4 is 10.5 Å². The molecule has 0 unspecified atom stereocenters. The average Bonchev–Trinajstić information content (AvgIpc) is 2.19. The number of amides is 1. The fraction of sp³-hybridized carbons (Fsp3) is 0.300. The van der Waals surface area contributed by atoms with Gasteiger partial charge in [-0.2, -0.15) is 0 Å². The van der Waals surface area contributed by atoms with Gasteiger partial charge in [0.15, 0.2) is 0 Å². The first-order chi connectivity index (χ1) is 7.78. The Balaban J connectivity index is 2.63. The van der Waals surface area contributed by atoms with Crippen LogP contribution >= 0.6 is 0 Å². The van der Waals surface area contributed by atoms with E-state index in [0.717, 1.165) is 11.8 Å². The molecule has 1 amide bonds. The molecule has 0 aromatic heterocycles. The van der Waals surface area contributed by atoms with Crippen molar-refractivity contribution >= 4 is 15.9 Å². The quantitative estimate of drug-likeness (QED) is 0.664. The maximum Gasteiger partial charge on any atom is 0.250 e. The van der Waals surface area contributed by atoms with E-state index in [1.54, 1.807) is 12.1 Å². The Morgan fingerprint density at radius 2 is 1.94 bits per heavy atom. The van der Waals surface area contributed by atoms with E-state index in [4.69, 9.17) is 10.8 Å². The molecule has 4 N–H and O–H groups in total. The number of nitrogens with two attached hydrogens (primary N) is 1. The van der Waals surface area contributed by atoms with E-state index in [0.29, 0.717) is 0 Å². The zero-order valence-corrected chi connectivity index (χ0v) is 10.1. The summed E-state index contributed by atoms with van der Waals surface area (Å²) in [4.78, 5) is 11.4. The second-order valence-electron chi connectivity index (χ2n) is 3.72. The Morgan fingerprint density at radius 1 is 1.41 bits per heavy atom. The van der Waals surface area contributed by atoms with Gasteiger partial charge < -0.3 is 10.8 Å². The first-order valence-electron chi connectivity index (χ1n) is 4.83. The van der Waals surface area contributed by atoms with Gasteiger partial charge in [0, 0.05) is 0 Å². The lowest BCUT2D eigenvalue weighted by atomic mass is 10.1. The van der Waals surface area contributed by atoms with E-state index in [1.807, 2.05) is 4.72 Å². The molecule has 6 nitrogen and oxygen atoms in total. The summed E-state index contributed by atoms with van der Waals surface area (Å²) >= 11 is 0. The summed E-state index contributed by atoms with van der Waals surface area (Å²) in [5, 5.41) is 9.06. The molecule has 1 rings (SSSR count). The number of hydrogen-bond acceptors (Lipinski definition) is 5. The minimum absolute atomic E-state index is 0.114. The maximum atomic E-state index is 11.4. The molecule has 17 heavy (non-hydrogen) atoms. The molecule has 0 radical (unpaired) electrons. The summed E-state index contributed by atoms with van der Waals surface area (Å²) < 4.78 is 23.5. The van der Waals surface area contributed by atoms with Crippen molar-refractivity contribution in [3.63, 3.8) is 0 Å². The summed E-state index contributed by atoms with van der Waals surface area (Å²) in [6.45, 7) is 0. The van der Waals surface area contributed by atoms with E-state index in [-0.39, 0.29) is 12.2 Å². The standard InChI is InChI=1S/C10H14N2O4S/c1-17(15,16)12-10(14)9(11)6-7-2-4-8(13)5-3-7/h2-5,9,13H,6,11H2,1H3,(H,12,14)/t9-/m0/s1. The first-order valence-corrected chi connectivity index (χ1v) is 6.72. The molecule has 1 aromatic rings. The van der Waals surface area contributed by atoms with Crippen LogP contribution in [0.3, 0.4) is 0 Å². The van der Waals surface area contributed by atoms with E-state index in [1.165, 1.54) is 12.1 Å². The molecular formula is C10H14N2O4S. The summed E-state index contributed by atoms with van der Waals surface area (Å²) in [7, 11) is -3.59. The number of sulfonamides is 1. The van der Waals surface area contributed by atoms with Crippen molar-refractivity contribution in [3.8, 4) is 5.75 Å². The lowest BCUT2D eigenvalue weighted by molar-refractivity contribution is -0.120. The van der Waals surface area contributed by atoms with Crippen molar-refractivity contribution in [3.05, 3.63) is 29.8 Å². The van der Waals surface area contributed by atoms with Crippen molar-refractivity contribution in [1.29, 1.82) is 0 Å². The lowest BCUT2D eigenvalue weighted by Gasteiger charge is -2.11. The largest absolute Gasteiger partial charge is 0.508 e. The Bertz CT molecular complexity index is 496. The van der Waals surface area contributed by atoms with E-state index in [9.17, 15) is 13.2 Å². The normalized spacial score (nSPS) is 13.1. The predicted molar refractivity (Wildman–Crippen MR) is 62.8 cm³/mol. The fourth-order valence-electron chi connectivity index (χ4n) is 1.24. The Morgan fingerprint density at radius 3 is 2.41 bits per heavy atom. The van der Waals surface area contributed by atoms with Gasteiger partial charge in [0.1, 0.15) is 5.75 Å². The van der Waals surface area contributed by atoms with Gasteiger partial charge in [-0.25, -0.2) is 8.42 Å². The molecule has 0 spiro atoms. The zero-order valence-electron chi connectivity index (χ0n) is 9.25. The van der Waals surface area contributed by atoms with Crippen LogP contribution in [0.1, 0.15) is 5.56 Å². The Labute approximate surface area is 99.5 Å². The van der Waals surface area contributed by atoms with Crippen LogP contribution in [0.2, 0.25) is 0 Å². The molecular weight excluding hydrogens is 244 g/mol. The second kappa shape index (κ2) is 5.15. The van der Waals surface area contributed by atoms with Crippen molar-refractivity contribution in [2.24, 2.45) is 5.73 Å². The van der Waals surface area contributed by atoms with Gasteiger partial charge >= 0.3 is 0 Å². The van der Waals surface area contributed by atoms with E-state index in [2.05, 4.69) is 0 Å². The topological polar surface area (TPSA) is 109 Å². The average molecular weight is 258 g/mol. The van der Waals surface area contributed by atoms with Crippen molar-refractivity contribution < 1.29 is 18.3 Å². The zero-order chi connectivity index (χ0) is 13.1. The Kier molecular flexibility index (Phi) is 4.08. The minimum atomic E-state index is -3.59. The summed E-state index contributed by atoms with van der Waals surface area (Å²) in [5.41, 5.74) is 6.29. The van der Waals surface area contributed by atoms with Gasteiger partial charge in [-0.05, 0) is 24.1 Å². The second-order valence-corrected chi connectivity index (χ2v) is 5.46. The molecule has 0 saturated heterocycles. The van der Waals surface area contributed by atoms with E-state index >= 15 is 0 Å². The number of benzene rings is 1. The highest BCUT2D eigenvalue weighted by molar-refractivity contribution is 7.89. The molecule has 1 atom stereocenters. The molecule has 0 fully saturated rings. The fourth-order valence-corrected chi connectivity index (χ4v) is 1.75. The number of phenols is 1. The lowest BCUT2D eigenvalue weighted by Crippen LogP contribution is -2.44. The third-order valence-electron chi connectivity index (χ3n) is 2.01. The van der Waals surface area contributed by atoms with Crippen LogP contribution in [-0.2, 0) is 21.2 Å². The number of aromatic hydroxyl groups is 1. The monoisotopic (exact) mass is 258 g/mol. The number of carbonyl (C=O) groups is 1. The summed E-state index contributed by atoms with van der Waals surface area (Å²) in [6.07, 6.45) is 1.08. The van der Waals surface area contributed by atoms with Gasteiger partial charge in [0.05, 0.1) is 12.3 Å². The molecule has 0 heterocycles.